The standard InChI is InChI=1S/C14H16N2OS/c1-10-6-13(17-2)8-12(16-10)9-18-14-5-3-4-11(15)7-14/h3-8H,9,15H2,1-2H3. The molecule has 0 fully saturated rings. The Hall–Kier alpha value is -1.68. The van der Waals surface area contributed by atoms with Crippen molar-refractivity contribution >= 4 is 17.4 Å². The molecule has 1 heterocycles. The molecule has 0 spiro atoms. The van der Waals surface area contributed by atoms with Crippen molar-refractivity contribution in [2.75, 3.05) is 12.8 Å². The van der Waals surface area contributed by atoms with Crippen LogP contribution in [-0.2, 0) is 5.75 Å². The summed E-state index contributed by atoms with van der Waals surface area (Å²) in [6, 6.07) is 11.8. The van der Waals surface area contributed by atoms with Crippen LogP contribution in [0.4, 0.5) is 5.69 Å². The minimum atomic E-state index is 0.787. The van der Waals surface area contributed by atoms with Crippen molar-refractivity contribution in [3.8, 4) is 5.75 Å². The third-order valence-corrected chi connectivity index (χ3v) is 3.49. The molecule has 0 radical (unpaired) electrons. The number of nitrogens with zero attached hydrogens (tertiary/aromatic N) is 1. The average Bonchev–Trinajstić information content (AvgIpc) is 2.36. The third kappa shape index (κ3) is 3.40. The average molecular weight is 260 g/mol. The smallest absolute Gasteiger partial charge is 0.122 e. The minimum absolute atomic E-state index is 0.787. The zero-order valence-electron chi connectivity index (χ0n) is 10.5. The molecule has 1 aromatic carbocycles. The molecule has 3 nitrogen and oxygen atoms in total. The van der Waals surface area contributed by atoms with Gasteiger partial charge in [-0.05, 0) is 25.1 Å². The van der Waals surface area contributed by atoms with Gasteiger partial charge in [-0.1, -0.05) is 6.07 Å². The first kappa shape index (κ1) is 12.8. The molecule has 94 valence electrons. The number of rotatable bonds is 4. The maximum absolute atomic E-state index is 5.75. The summed E-state index contributed by atoms with van der Waals surface area (Å²) < 4.78 is 5.24. The largest absolute Gasteiger partial charge is 0.497 e. The quantitative estimate of drug-likeness (QED) is 0.677. The van der Waals surface area contributed by atoms with Crippen molar-refractivity contribution in [2.45, 2.75) is 17.6 Å². The van der Waals surface area contributed by atoms with E-state index in [2.05, 4.69) is 4.98 Å². The number of pyridine rings is 1. The van der Waals surface area contributed by atoms with Crippen LogP contribution in [0.5, 0.6) is 5.75 Å². The third-order valence-electron chi connectivity index (χ3n) is 2.46. The fraction of sp³-hybridized carbons (Fsp3) is 0.214. The second-order valence-electron chi connectivity index (χ2n) is 4.00. The van der Waals surface area contributed by atoms with E-state index in [1.54, 1.807) is 18.9 Å². The van der Waals surface area contributed by atoms with Gasteiger partial charge in [-0.3, -0.25) is 4.98 Å². The fourth-order valence-corrected chi connectivity index (χ4v) is 2.51. The number of nitrogen functional groups attached to an aromatic ring is 1. The summed E-state index contributed by atoms with van der Waals surface area (Å²) in [6.45, 7) is 1.97. The van der Waals surface area contributed by atoms with Gasteiger partial charge in [-0.15, -0.1) is 11.8 Å². The summed E-state index contributed by atoms with van der Waals surface area (Å²) in [5.41, 5.74) is 8.52. The van der Waals surface area contributed by atoms with E-state index in [0.29, 0.717) is 0 Å². The number of hydrogen-bond donors (Lipinski definition) is 1. The Balaban J connectivity index is 2.08. The number of nitrogens with two attached hydrogens (primary N) is 1. The highest BCUT2D eigenvalue weighted by atomic mass is 32.2. The Kier molecular flexibility index (Phi) is 4.10. The van der Waals surface area contributed by atoms with Crippen LogP contribution in [0.3, 0.4) is 0 Å². The fourth-order valence-electron chi connectivity index (χ4n) is 1.66. The topological polar surface area (TPSA) is 48.1 Å². The number of ether oxygens (including phenoxy) is 1. The molecule has 0 unspecified atom stereocenters. The van der Waals surface area contributed by atoms with Crippen LogP contribution in [0.1, 0.15) is 11.4 Å². The number of aromatic nitrogens is 1. The molecule has 2 N–H and O–H groups in total. The monoisotopic (exact) mass is 260 g/mol. The summed E-state index contributed by atoms with van der Waals surface area (Å²) in [4.78, 5) is 5.64. The highest BCUT2D eigenvalue weighted by Gasteiger charge is 2.02. The Morgan fingerprint density at radius 3 is 2.83 bits per heavy atom. The lowest BCUT2D eigenvalue weighted by Gasteiger charge is -2.06. The van der Waals surface area contributed by atoms with Gasteiger partial charge in [0.2, 0.25) is 0 Å². The van der Waals surface area contributed by atoms with E-state index in [1.807, 2.05) is 43.3 Å². The van der Waals surface area contributed by atoms with E-state index >= 15 is 0 Å². The lowest BCUT2D eigenvalue weighted by molar-refractivity contribution is 0.413. The van der Waals surface area contributed by atoms with Crippen molar-refractivity contribution in [3.05, 3.63) is 47.8 Å². The Morgan fingerprint density at radius 1 is 1.28 bits per heavy atom. The lowest BCUT2D eigenvalue weighted by Crippen LogP contribution is -1.93. The van der Waals surface area contributed by atoms with Crippen molar-refractivity contribution in [2.24, 2.45) is 0 Å². The van der Waals surface area contributed by atoms with Crippen molar-refractivity contribution in [1.82, 2.24) is 4.98 Å². The van der Waals surface area contributed by atoms with Gasteiger partial charge in [0, 0.05) is 34.2 Å². The summed E-state index contributed by atoms with van der Waals surface area (Å²) in [6.07, 6.45) is 0. The zero-order valence-corrected chi connectivity index (χ0v) is 11.3. The minimum Gasteiger partial charge on any atom is -0.497 e. The second kappa shape index (κ2) is 5.78. The van der Waals surface area contributed by atoms with E-state index in [1.165, 1.54) is 0 Å². The van der Waals surface area contributed by atoms with Crippen LogP contribution in [0.2, 0.25) is 0 Å². The van der Waals surface area contributed by atoms with Crippen LogP contribution in [-0.4, -0.2) is 12.1 Å². The summed E-state index contributed by atoms with van der Waals surface area (Å²) in [7, 11) is 1.67. The number of methoxy groups -OCH3 is 1. The molecule has 0 aliphatic rings. The first-order valence-electron chi connectivity index (χ1n) is 5.67. The molecule has 0 saturated heterocycles. The van der Waals surface area contributed by atoms with E-state index < -0.39 is 0 Å². The Labute approximate surface area is 111 Å². The van der Waals surface area contributed by atoms with Gasteiger partial charge < -0.3 is 10.5 Å². The maximum atomic E-state index is 5.75. The normalized spacial score (nSPS) is 10.3. The van der Waals surface area contributed by atoms with Crippen molar-refractivity contribution in [1.29, 1.82) is 0 Å². The maximum Gasteiger partial charge on any atom is 0.122 e. The second-order valence-corrected chi connectivity index (χ2v) is 5.05. The highest BCUT2D eigenvalue weighted by molar-refractivity contribution is 7.98. The number of hydrogen-bond acceptors (Lipinski definition) is 4. The number of thioether (sulfide) groups is 1. The van der Waals surface area contributed by atoms with E-state index in [4.69, 9.17) is 10.5 Å². The molecule has 0 atom stereocenters. The van der Waals surface area contributed by atoms with Crippen molar-refractivity contribution < 1.29 is 4.74 Å². The predicted octanol–water partition coefficient (Wildman–Crippen LogP) is 3.27. The highest BCUT2D eigenvalue weighted by Crippen LogP contribution is 2.25. The zero-order chi connectivity index (χ0) is 13.0. The number of aryl methyl sites for hydroxylation is 1. The van der Waals surface area contributed by atoms with E-state index in [-0.39, 0.29) is 0 Å². The SMILES string of the molecule is COc1cc(C)nc(CSc2cccc(N)c2)c1. The van der Waals surface area contributed by atoms with Gasteiger partial charge in [0.05, 0.1) is 12.8 Å². The van der Waals surface area contributed by atoms with Gasteiger partial charge in [-0.25, -0.2) is 0 Å². The molecule has 1 aromatic heterocycles. The molecule has 0 aliphatic carbocycles. The molecule has 2 aromatic rings. The van der Waals surface area contributed by atoms with Gasteiger partial charge in [0.25, 0.3) is 0 Å². The molecule has 4 heteroatoms. The van der Waals surface area contributed by atoms with Crippen LogP contribution in [0.15, 0.2) is 41.3 Å². The molecule has 0 saturated carbocycles. The molecule has 18 heavy (non-hydrogen) atoms. The first-order valence-corrected chi connectivity index (χ1v) is 6.66. The molecule has 0 bridgehead atoms. The predicted molar refractivity (Wildman–Crippen MR) is 75.9 cm³/mol. The van der Waals surface area contributed by atoms with Gasteiger partial charge >= 0.3 is 0 Å². The molecule has 0 amide bonds. The Morgan fingerprint density at radius 2 is 2.11 bits per heavy atom. The van der Waals surface area contributed by atoms with Gasteiger partial charge in [0.1, 0.15) is 5.75 Å². The number of anilines is 1. The van der Waals surface area contributed by atoms with Gasteiger partial charge in [-0.2, -0.15) is 0 Å². The summed E-state index contributed by atoms with van der Waals surface area (Å²) >= 11 is 1.72. The summed E-state index contributed by atoms with van der Waals surface area (Å²) in [5.74, 6) is 1.66. The van der Waals surface area contributed by atoms with Crippen LogP contribution < -0.4 is 10.5 Å². The number of benzene rings is 1. The van der Waals surface area contributed by atoms with Crippen molar-refractivity contribution in [3.63, 3.8) is 0 Å². The lowest BCUT2D eigenvalue weighted by atomic mass is 10.3. The van der Waals surface area contributed by atoms with E-state index in [9.17, 15) is 0 Å². The summed E-state index contributed by atoms with van der Waals surface area (Å²) in [5, 5.41) is 0. The van der Waals surface area contributed by atoms with Gasteiger partial charge in [0.15, 0.2) is 0 Å². The molecular weight excluding hydrogens is 244 g/mol. The van der Waals surface area contributed by atoms with Crippen LogP contribution >= 0.6 is 11.8 Å². The molecular formula is C14H16N2OS. The van der Waals surface area contributed by atoms with E-state index in [0.717, 1.165) is 33.5 Å². The molecule has 2 rings (SSSR count). The first-order chi connectivity index (χ1) is 8.67. The molecule has 0 aliphatic heterocycles. The Bertz CT molecular complexity index is 543. The van der Waals surface area contributed by atoms with Crippen LogP contribution in [0.25, 0.3) is 0 Å². The van der Waals surface area contributed by atoms with Crippen LogP contribution in [0, 0.1) is 6.92 Å².